The largest absolute Gasteiger partial charge is 0.454 e. The number of hydrogen-bond donors (Lipinski definition) is 1. The van der Waals surface area contributed by atoms with Crippen molar-refractivity contribution in [3.05, 3.63) is 59.7 Å². The Morgan fingerprint density at radius 1 is 1.00 bits per heavy atom. The number of halogens is 2. The number of hydrogen-bond acceptors (Lipinski definition) is 3. The first kappa shape index (κ1) is 13.8. The number of benzene rings is 2. The van der Waals surface area contributed by atoms with Crippen LogP contribution < -0.4 is 14.8 Å². The third-order valence-corrected chi connectivity index (χ3v) is 3.31. The first-order valence-electron chi connectivity index (χ1n) is 6.68. The summed E-state index contributed by atoms with van der Waals surface area (Å²) in [5.41, 5.74) is 0.895. The van der Waals surface area contributed by atoms with Gasteiger partial charge in [-0.25, -0.2) is 0 Å². The van der Waals surface area contributed by atoms with Gasteiger partial charge in [0.05, 0.1) is 6.54 Å². The van der Waals surface area contributed by atoms with Crippen molar-refractivity contribution >= 4 is 0 Å². The number of rotatable bonds is 5. The monoisotopic (exact) mass is 291 g/mol. The van der Waals surface area contributed by atoms with E-state index in [4.69, 9.17) is 9.47 Å². The van der Waals surface area contributed by atoms with E-state index in [0.717, 1.165) is 5.56 Å². The standard InChI is InChI=1S/C16H15F2NO2/c17-16(18,13-4-2-1-3-5-13)10-19-9-12-6-7-14-15(8-12)21-11-20-14/h1-8,19H,9-11H2. The molecule has 0 aliphatic carbocycles. The maximum Gasteiger partial charge on any atom is 0.285 e. The first-order valence-corrected chi connectivity index (χ1v) is 6.68. The molecule has 0 amide bonds. The minimum absolute atomic E-state index is 0.0168. The van der Waals surface area contributed by atoms with Crippen molar-refractivity contribution in [3.8, 4) is 11.5 Å². The van der Waals surface area contributed by atoms with E-state index in [0.29, 0.717) is 18.0 Å². The molecule has 5 heteroatoms. The molecule has 1 N–H and O–H groups in total. The van der Waals surface area contributed by atoms with Crippen LogP contribution in [0.25, 0.3) is 0 Å². The fraction of sp³-hybridized carbons (Fsp3) is 0.250. The van der Waals surface area contributed by atoms with Gasteiger partial charge < -0.3 is 14.8 Å². The van der Waals surface area contributed by atoms with Crippen LogP contribution in [-0.2, 0) is 12.5 Å². The zero-order valence-electron chi connectivity index (χ0n) is 11.3. The van der Waals surface area contributed by atoms with Crippen LogP contribution in [0.3, 0.4) is 0 Å². The smallest absolute Gasteiger partial charge is 0.285 e. The molecule has 1 aliphatic rings. The zero-order chi connectivity index (χ0) is 14.7. The molecule has 0 atom stereocenters. The predicted octanol–water partition coefficient (Wildman–Crippen LogP) is 3.30. The van der Waals surface area contributed by atoms with Crippen LogP contribution in [-0.4, -0.2) is 13.3 Å². The Morgan fingerprint density at radius 3 is 2.57 bits per heavy atom. The van der Waals surface area contributed by atoms with Crippen molar-refractivity contribution in [2.45, 2.75) is 12.5 Å². The summed E-state index contributed by atoms with van der Waals surface area (Å²) in [7, 11) is 0. The molecule has 0 unspecified atom stereocenters. The van der Waals surface area contributed by atoms with Gasteiger partial charge in [0, 0.05) is 12.1 Å². The van der Waals surface area contributed by atoms with Crippen LogP contribution in [0.5, 0.6) is 11.5 Å². The lowest BCUT2D eigenvalue weighted by Crippen LogP contribution is -2.30. The third-order valence-electron chi connectivity index (χ3n) is 3.31. The Balaban J connectivity index is 1.58. The van der Waals surface area contributed by atoms with Crippen LogP contribution in [0.1, 0.15) is 11.1 Å². The van der Waals surface area contributed by atoms with Gasteiger partial charge in [-0.15, -0.1) is 0 Å². The Labute approximate surface area is 121 Å². The van der Waals surface area contributed by atoms with E-state index in [-0.39, 0.29) is 12.4 Å². The molecule has 0 bridgehead atoms. The van der Waals surface area contributed by atoms with Crippen molar-refractivity contribution in [2.75, 3.05) is 13.3 Å². The number of ether oxygens (including phenoxy) is 2. The molecule has 2 aromatic carbocycles. The molecule has 0 aromatic heterocycles. The van der Waals surface area contributed by atoms with Crippen molar-refractivity contribution < 1.29 is 18.3 Å². The molecule has 0 spiro atoms. The molecule has 1 heterocycles. The lowest BCUT2D eigenvalue weighted by molar-refractivity contribution is -0.00343. The highest BCUT2D eigenvalue weighted by atomic mass is 19.3. The fourth-order valence-electron chi connectivity index (χ4n) is 2.20. The molecule has 0 saturated carbocycles. The predicted molar refractivity (Wildman–Crippen MR) is 74.6 cm³/mol. The molecule has 1 aliphatic heterocycles. The molecule has 0 radical (unpaired) electrons. The highest BCUT2D eigenvalue weighted by Gasteiger charge is 2.30. The van der Waals surface area contributed by atoms with E-state index in [1.807, 2.05) is 6.07 Å². The van der Waals surface area contributed by atoms with Crippen LogP contribution in [0.15, 0.2) is 48.5 Å². The fourth-order valence-corrected chi connectivity index (χ4v) is 2.20. The van der Waals surface area contributed by atoms with Crippen molar-refractivity contribution in [1.82, 2.24) is 5.32 Å². The Kier molecular flexibility index (Phi) is 3.75. The van der Waals surface area contributed by atoms with Crippen LogP contribution >= 0.6 is 0 Å². The minimum atomic E-state index is -2.89. The molecule has 0 saturated heterocycles. The van der Waals surface area contributed by atoms with Crippen LogP contribution in [0.2, 0.25) is 0 Å². The van der Waals surface area contributed by atoms with E-state index >= 15 is 0 Å². The second-order valence-corrected chi connectivity index (χ2v) is 4.86. The van der Waals surface area contributed by atoms with Crippen molar-refractivity contribution in [2.24, 2.45) is 0 Å². The van der Waals surface area contributed by atoms with Gasteiger partial charge in [0.1, 0.15) is 0 Å². The molecule has 3 rings (SSSR count). The molecule has 2 aromatic rings. The summed E-state index contributed by atoms with van der Waals surface area (Å²) in [5.74, 6) is -1.55. The quantitative estimate of drug-likeness (QED) is 0.917. The van der Waals surface area contributed by atoms with E-state index in [9.17, 15) is 8.78 Å². The molecule has 21 heavy (non-hydrogen) atoms. The maximum atomic E-state index is 14.0. The summed E-state index contributed by atoms with van der Waals surface area (Å²) in [6.07, 6.45) is 0. The topological polar surface area (TPSA) is 30.5 Å². The molecule has 110 valence electrons. The van der Waals surface area contributed by atoms with Crippen LogP contribution in [0, 0.1) is 0 Å². The number of nitrogens with one attached hydrogen (secondary N) is 1. The molecular weight excluding hydrogens is 276 g/mol. The van der Waals surface area contributed by atoms with Crippen LogP contribution in [0.4, 0.5) is 8.78 Å². The first-order chi connectivity index (χ1) is 10.1. The average Bonchev–Trinajstić information content (AvgIpc) is 2.95. The summed E-state index contributed by atoms with van der Waals surface area (Å²) in [4.78, 5) is 0. The third kappa shape index (κ3) is 3.13. The van der Waals surface area contributed by atoms with Gasteiger partial charge in [-0.2, -0.15) is 8.78 Å². The summed E-state index contributed by atoms with van der Waals surface area (Å²) >= 11 is 0. The van der Waals surface area contributed by atoms with Gasteiger partial charge in [0.15, 0.2) is 11.5 Å². The highest BCUT2D eigenvalue weighted by Crippen LogP contribution is 2.32. The second kappa shape index (κ2) is 5.69. The Hall–Kier alpha value is -2.14. The number of alkyl halides is 2. The lowest BCUT2D eigenvalue weighted by Gasteiger charge is -2.17. The molecule has 0 fully saturated rings. The van der Waals surface area contributed by atoms with Gasteiger partial charge in [-0.3, -0.25) is 0 Å². The average molecular weight is 291 g/mol. The summed E-state index contributed by atoms with van der Waals surface area (Å²) < 4.78 is 38.4. The summed E-state index contributed by atoms with van der Waals surface area (Å²) in [6.45, 7) is 0.142. The number of fused-ring (bicyclic) bond motifs is 1. The van der Waals surface area contributed by atoms with Gasteiger partial charge in [0.25, 0.3) is 5.92 Å². The normalized spacial score (nSPS) is 13.4. The molecule has 3 nitrogen and oxygen atoms in total. The second-order valence-electron chi connectivity index (χ2n) is 4.86. The summed E-state index contributed by atoms with van der Waals surface area (Å²) in [5, 5.41) is 2.79. The van der Waals surface area contributed by atoms with Gasteiger partial charge >= 0.3 is 0 Å². The summed E-state index contributed by atoms with van der Waals surface area (Å²) in [6, 6.07) is 13.2. The Morgan fingerprint density at radius 2 is 1.76 bits per heavy atom. The minimum Gasteiger partial charge on any atom is -0.454 e. The van der Waals surface area contributed by atoms with Gasteiger partial charge in [-0.1, -0.05) is 36.4 Å². The van der Waals surface area contributed by atoms with Crippen molar-refractivity contribution in [1.29, 1.82) is 0 Å². The van der Waals surface area contributed by atoms with Crippen molar-refractivity contribution in [3.63, 3.8) is 0 Å². The van der Waals surface area contributed by atoms with E-state index in [1.165, 1.54) is 12.1 Å². The lowest BCUT2D eigenvalue weighted by atomic mass is 10.1. The molecular formula is C16H15F2NO2. The maximum absolute atomic E-state index is 14.0. The Bertz CT molecular complexity index is 617. The van der Waals surface area contributed by atoms with E-state index < -0.39 is 12.5 Å². The van der Waals surface area contributed by atoms with E-state index in [2.05, 4.69) is 5.32 Å². The SMILES string of the molecule is FC(F)(CNCc1ccc2c(c1)OCO2)c1ccccc1. The van der Waals surface area contributed by atoms with Gasteiger partial charge in [0.2, 0.25) is 6.79 Å². The highest BCUT2D eigenvalue weighted by molar-refractivity contribution is 5.44. The zero-order valence-corrected chi connectivity index (χ0v) is 11.3. The van der Waals surface area contributed by atoms with E-state index in [1.54, 1.807) is 30.3 Å². The van der Waals surface area contributed by atoms with Gasteiger partial charge in [-0.05, 0) is 17.7 Å².